The molecular formula is C19H22BrNO2. The van der Waals surface area contributed by atoms with Crippen molar-refractivity contribution in [3.05, 3.63) is 57.6 Å². The first-order chi connectivity index (χ1) is 10.9. The minimum absolute atomic E-state index is 0.126. The van der Waals surface area contributed by atoms with Crippen molar-refractivity contribution in [3.63, 3.8) is 0 Å². The van der Waals surface area contributed by atoms with Gasteiger partial charge in [0.1, 0.15) is 5.75 Å². The van der Waals surface area contributed by atoms with Gasteiger partial charge in [0, 0.05) is 11.3 Å². The van der Waals surface area contributed by atoms with Crippen LogP contribution in [-0.2, 0) is 0 Å². The van der Waals surface area contributed by atoms with Crippen LogP contribution in [0.1, 0.15) is 35.3 Å². The second kappa shape index (κ2) is 7.64. The zero-order valence-electron chi connectivity index (χ0n) is 13.9. The Kier molecular flexibility index (Phi) is 5.83. The summed E-state index contributed by atoms with van der Waals surface area (Å²) in [6, 6.07) is 11.4. The fourth-order valence-electron chi connectivity index (χ4n) is 2.21. The van der Waals surface area contributed by atoms with Crippen LogP contribution in [0.3, 0.4) is 0 Å². The molecule has 0 heterocycles. The van der Waals surface area contributed by atoms with E-state index in [1.807, 2.05) is 38.1 Å². The van der Waals surface area contributed by atoms with E-state index in [0.717, 1.165) is 27.0 Å². The van der Waals surface area contributed by atoms with E-state index >= 15 is 0 Å². The molecule has 0 radical (unpaired) electrons. The van der Waals surface area contributed by atoms with Crippen LogP contribution in [0.5, 0.6) is 5.75 Å². The van der Waals surface area contributed by atoms with E-state index in [1.54, 1.807) is 12.1 Å². The second-order valence-electron chi connectivity index (χ2n) is 6.07. The minimum atomic E-state index is -0.126. The molecule has 0 fully saturated rings. The maximum Gasteiger partial charge on any atom is 0.255 e. The predicted molar refractivity (Wildman–Crippen MR) is 98.3 cm³/mol. The third-order valence-corrected chi connectivity index (χ3v) is 4.11. The van der Waals surface area contributed by atoms with Gasteiger partial charge in [-0.15, -0.1) is 0 Å². The number of rotatable bonds is 5. The largest absolute Gasteiger partial charge is 0.492 e. The Morgan fingerprint density at radius 3 is 2.39 bits per heavy atom. The molecule has 0 spiro atoms. The molecule has 0 aromatic heterocycles. The van der Waals surface area contributed by atoms with Crippen LogP contribution >= 0.6 is 15.9 Å². The van der Waals surface area contributed by atoms with Crippen molar-refractivity contribution < 1.29 is 9.53 Å². The summed E-state index contributed by atoms with van der Waals surface area (Å²) in [5.74, 6) is 1.08. The number of aryl methyl sites for hydroxylation is 2. The number of benzene rings is 2. The summed E-state index contributed by atoms with van der Waals surface area (Å²) in [4.78, 5) is 12.5. The normalized spacial score (nSPS) is 10.7. The summed E-state index contributed by atoms with van der Waals surface area (Å²) >= 11 is 3.47. The number of carbonyl (C=O) groups excluding carboxylic acids is 1. The molecule has 0 aliphatic carbocycles. The number of nitrogens with one attached hydrogen (secondary N) is 1. The molecule has 0 aliphatic rings. The fraction of sp³-hybridized carbons (Fsp3) is 0.316. The van der Waals surface area contributed by atoms with Gasteiger partial charge in [-0.2, -0.15) is 0 Å². The maximum atomic E-state index is 12.5. The van der Waals surface area contributed by atoms with Crippen molar-refractivity contribution in [1.29, 1.82) is 0 Å². The lowest BCUT2D eigenvalue weighted by Gasteiger charge is -2.13. The SMILES string of the molecule is Cc1cccc(C)c1NC(=O)c1ccc(OCC(C)C)c(Br)c1. The molecule has 0 bridgehead atoms. The summed E-state index contributed by atoms with van der Waals surface area (Å²) in [6.07, 6.45) is 0. The van der Waals surface area contributed by atoms with Crippen LogP contribution in [0.15, 0.2) is 40.9 Å². The van der Waals surface area contributed by atoms with E-state index < -0.39 is 0 Å². The highest BCUT2D eigenvalue weighted by atomic mass is 79.9. The second-order valence-corrected chi connectivity index (χ2v) is 6.93. The van der Waals surface area contributed by atoms with Crippen molar-refractivity contribution in [1.82, 2.24) is 0 Å². The third kappa shape index (κ3) is 4.58. The Morgan fingerprint density at radius 1 is 1.17 bits per heavy atom. The van der Waals surface area contributed by atoms with Crippen molar-refractivity contribution in [2.45, 2.75) is 27.7 Å². The van der Waals surface area contributed by atoms with E-state index in [0.29, 0.717) is 18.1 Å². The van der Waals surface area contributed by atoms with Crippen LogP contribution < -0.4 is 10.1 Å². The van der Waals surface area contributed by atoms with Crippen molar-refractivity contribution >= 4 is 27.5 Å². The number of amides is 1. The lowest BCUT2D eigenvalue weighted by Crippen LogP contribution is -2.14. The van der Waals surface area contributed by atoms with Crippen LogP contribution in [0, 0.1) is 19.8 Å². The van der Waals surface area contributed by atoms with Gasteiger partial charge in [-0.05, 0) is 65.0 Å². The molecule has 0 saturated heterocycles. The van der Waals surface area contributed by atoms with E-state index in [9.17, 15) is 4.79 Å². The monoisotopic (exact) mass is 375 g/mol. The highest BCUT2D eigenvalue weighted by molar-refractivity contribution is 9.10. The van der Waals surface area contributed by atoms with Crippen LogP contribution in [-0.4, -0.2) is 12.5 Å². The topological polar surface area (TPSA) is 38.3 Å². The van der Waals surface area contributed by atoms with E-state index in [4.69, 9.17) is 4.74 Å². The van der Waals surface area contributed by atoms with Crippen molar-refractivity contribution in [2.24, 2.45) is 5.92 Å². The molecule has 1 N–H and O–H groups in total. The van der Waals surface area contributed by atoms with E-state index in [1.165, 1.54) is 0 Å². The number of halogens is 1. The van der Waals surface area contributed by atoms with Gasteiger partial charge in [0.2, 0.25) is 0 Å². The molecule has 4 heteroatoms. The number of carbonyl (C=O) groups is 1. The fourth-order valence-corrected chi connectivity index (χ4v) is 2.71. The highest BCUT2D eigenvalue weighted by Crippen LogP contribution is 2.27. The molecule has 0 saturated carbocycles. The Bertz CT molecular complexity index is 690. The van der Waals surface area contributed by atoms with Crippen molar-refractivity contribution in [2.75, 3.05) is 11.9 Å². The van der Waals surface area contributed by atoms with Crippen LogP contribution in [0.2, 0.25) is 0 Å². The number of ether oxygens (including phenoxy) is 1. The summed E-state index contributed by atoms with van der Waals surface area (Å²) in [6.45, 7) is 8.82. The van der Waals surface area contributed by atoms with Crippen LogP contribution in [0.25, 0.3) is 0 Å². The van der Waals surface area contributed by atoms with Gasteiger partial charge in [0.25, 0.3) is 5.91 Å². The summed E-state index contributed by atoms with van der Waals surface area (Å²) in [5, 5.41) is 2.99. The molecule has 3 nitrogen and oxygen atoms in total. The highest BCUT2D eigenvalue weighted by Gasteiger charge is 2.12. The van der Waals surface area contributed by atoms with E-state index in [-0.39, 0.29) is 5.91 Å². The Labute approximate surface area is 146 Å². The first-order valence-electron chi connectivity index (χ1n) is 7.68. The van der Waals surface area contributed by atoms with Crippen LogP contribution in [0.4, 0.5) is 5.69 Å². The first kappa shape index (κ1) is 17.5. The number of hydrogen-bond donors (Lipinski definition) is 1. The van der Waals surface area contributed by atoms with Crippen molar-refractivity contribution in [3.8, 4) is 5.75 Å². The van der Waals surface area contributed by atoms with Gasteiger partial charge in [0.05, 0.1) is 11.1 Å². The lowest BCUT2D eigenvalue weighted by atomic mass is 10.1. The Balaban J connectivity index is 2.15. The maximum absolute atomic E-state index is 12.5. The Hall–Kier alpha value is -1.81. The van der Waals surface area contributed by atoms with Gasteiger partial charge in [-0.3, -0.25) is 4.79 Å². The molecule has 0 aliphatic heterocycles. The average molecular weight is 376 g/mol. The van der Waals surface area contributed by atoms with Gasteiger partial charge in [-0.25, -0.2) is 0 Å². The zero-order chi connectivity index (χ0) is 17.0. The van der Waals surface area contributed by atoms with Gasteiger partial charge in [-0.1, -0.05) is 32.0 Å². The average Bonchev–Trinajstić information content (AvgIpc) is 2.49. The summed E-state index contributed by atoms with van der Waals surface area (Å²) in [5.41, 5.74) is 3.56. The molecule has 2 aromatic carbocycles. The lowest BCUT2D eigenvalue weighted by molar-refractivity contribution is 0.102. The zero-order valence-corrected chi connectivity index (χ0v) is 15.5. The van der Waals surface area contributed by atoms with Gasteiger partial charge in [0.15, 0.2) is 0 Å². The summed E-state index contributed by atoms with van der Waals surface area (Å²) in [7, 11) is 0. The molecule has 0 unspecified atom stereocenters. The summed E-state index contributed by atoms with van der Waals surface area (Å²) < 4.78 is 6.50. The van der Waals surface area contributed by atoms with Gasteiger partial charge < -0.3 is 10.1 Å². The standard InChI is InChI=1S/C19H22BrNO2/c1-12(2)11-23-17-9-8-15(10-16(17)20)19(22)21-18-13(3)6-5-7-14(18)4/h5-10,12H,11H2,1-4H3,(H,21,22). The smallest absolute Gasteiger partial charge is 0.255 e. The quantitative estimate of drug-likeness (QED) is 0.764. The molecular weight excluding hydrogens is 354 g/mol. The molecule has 23 heavy (non-hydrogen) atoms. The third-order valence-electron chi connectivity index (χ3n) is 3.49. The molecule has 0 atom stereocenters. The molecule has 2 aromatic rings. The molecule has 1 amide bonds. The Morgan fingerprint density at radius 2 is 1.83 bits per heavy atom. The first-order valence-corrected chi connectivity index (χ1v) is 8.47. The number of hydrogen-bond acceptors (Lipinski definition) is 2. The van der Waals surface area contributed by atoms with E-state index in [2.05, 4.69) is 35.1 Å². The molecule has 122 valence electrons. The predicted octanol–water partition coefficient (Wildman–Crippen LogP) is 5.35. The van der Waals surface area contributed by atoms with Gasteiger partial charge >= 0.3 is 0 Å². The number of para-hydroxylation sites is 1. The number of anilines is 1. The minimum Gasteiger partial charge on any atom is -0.492 e. The molecule has 2 rings (SSSR count).